The fourth-order valence-electron chi connectivity index (χ4n) is 1.86. The Morgan fingerprint density at radius 3 is 2.72 bits per heavy atom. The van der Waals surface area contributed by atoms with E-state index in [0.717, 1.165) is 15.7 Å². The molecule has 18 heavy (non-hydrogen) atoms. The molecule has 98 valence electrons. The zero-order valence-electron chi connectivity index (χ0n) is 10.3. The second-order valence-electron chi connectivity index (χ2n) is 4.25. The minimum absolute atomic E-state index is 0.0154. The average Bonchev–Trinajstić information content (AvgIpc) is 2.36. The minimum atomic E-state index is -0.531. The van der Waals surface area contributed by atoms with Crippen LogP contribution in [-0.4, -0.2) is 32.8 Å². The molecule has 1 amide bonds. The fourth-order valence-corrected chi connectivity index (χ4v) is 1.86. The standard InChI is InChI=1S/C10H15N5O3/c1-14-9(17)7(13-15(2)10(14)18)12-6-4-3-5-11-8(6)16/h6H,3-5H2,1-2H3,(H,11,16)(H,12,13). The van der Waals surface area contributed by atoms with Gasteiger partial charge in [-0.3, -0.25) is 14.2 Å². The van der Waals surface area contributed by atoms with Crippen molar-refractivity contribution in [1.29, 1.82) is 0 Å². The minimum Gasteiger partial charge on any atom is -0.354 e. The predicted molar refractivity (Wildman–Crippen MR) is 64.4 cm³/mol. The number of aromatic nitrogens is 3. The van der Waals surface area contributed by atoms with Gasteiger partial charge in [0.05, 0.1) is 0 Å². The number of hydrogen-bond acceptors (Lipinski definition) is 5. The Kier molecular flexibility index (Phi) is 3.17. The van der Waals surface area contributed by atoms with Crippen LogP contribution in [0, 0.1) is 0 Å². The zero-order valence-corrected chi connectivity index (χ0v) is 10.3. The van der Waals surface area contributed by atoms with Gasteiger partial charge in [0, 0.05) is 20.6 Å². The van der Waals surface area contributed by atoms with Crippen LogP contribution in [0.1, 0.15) is 12.8 Å². The molecule has 1 unspecified atom stereocenters. The summed E-state index contributed by atoms with van der Waals surface area (Å²) in [6.07, 6.45) is 1.48. The van der Waals surface area contributed by atoms with Crippen molar-refractivity contribution < 1.29 is 4.79 Å². The third-order valence-electron chi connectivity index (χ3n) is 2.92. The Morgan fingerprint density at radius 1 is 1.33 bits per heavy atom. The molecule has 1 aromatic heterocycles. The first kappa shape index (κ1) is 12.3. The third kappa shape index (κ3) is 2.13. The molecule has 1 aliphatic rings. The molecule has 1 aliphatic heterocycles. The number of carbonyl (C=O) groups excluding carboxylic acids is 1. The Morgan fingerprint density at radius 2 is 2.06 bits per heavy atom. The van der Waals surface area contributed by atoms with Gasteiger partial charge in [0.25, 0.3) is 5.56 Å². The van der Waals surface area contributed by atoms with Crippen molar-refractivity contribution in [3.05, 3.63) is 20.8 Å². The third-order valence-corrected chi connectivity index (χ3v) is 2.92. The quantitative estimate of drug-likeness (QED) is 0.646. The number of anilines is 1. The first-order chi connectivity index (χ1) is 8.50. The summed E-state index contributed by atoms with van der Waals surface area (Å²) in [5.41, 5.74) is -1.03. The number of aryl methyl sites for hydroxylation is 1. The van der Waals surface area contributed by atoms with Crippen LogP contribution in [0.25, 0.3) is 0 Å². The predicted octanol–water partition coefficient (Wildman–Crippen LogP) is -1.83. The Bertz CT molecular complexity index is 588. The fraction of sp³-hybridized carbons (Fsp3) is 0.600. The highest BCUT2D eigenvalue weighted by Gasteiger charge is 2.23. The van der Waals surface area contributed by atoms with Gasteiger partial charge in [-0.2, -0.15) is 0 Å². The molecule has 0 bridgehead atoms. The lowest BCUT2D eigenvalue weighted by Crippen LogP contribution is -2.47. The molecule has 0 spiro atoms. The number of nitrogens with zero attached hydrogens (tertiary/aromatic N) is 3. The van der Waals surface area contributed by atoms with Crippen molar-refractivity contribution in [2.24, 2.45) is 14.1 Å². The summed E-state index contributed by atoms with van der Waals surface area (Å²) in [6, 6.07) is -0.476. The summed E-state index contributed by atoms with van der Waals surface area (Å²) in [6.45, 7) is 0.649. The van der Waals surface area contributed by atoms with E-state index >= 15 is 0 Å². The lowest BCUT2D eigenvalue weighted by molar-refractivity contribution is -0.123. The molecule has 0 aromatic carbocycles. The van der Waals surface area contributed by atoms with Crippen LogP contribution in [0.3, 0.4) is 0 Å². The Labute approximate surface area is 103 Å². The molecule has 0 radical (unpaired) electrons. The molecule has 1 fully saturated rings. The van der Waals surface area contributed by atoms with E-state index in [4.69, 9.17) is 0 Å². The highest BCUT2D eigenvalue weighted by atomic mass is 16.2. The van der Waals surface area contributed by atoms with E-state index < -0.39 is 17.3 Å². The van der Waals surface area contributed by atoms with Crippen LogP contribution in [-0.2, 0) is 18.9 Å². The highest BCUT2D eigenvalue weighted by Crippen LogP contribution is 2.07. The van der Waals surface area contributed by atoms with Crippen LogP contribution in [0.5, 0.6) is 0 Å². The second kappa shape index (κ2) is 4.63. The van der Waals surface area contributed by atoms with E-state index in [1.54, 1.807) is 0 Å². The number of rotatable bonds is 2. The summed E-state index contributed by atoms with van der Waals surface area (Å²) in [4.78, 5) is 34.8. The first-order valence-corrected chi connectivity index (χ1v) is 5.69. The smallest absolute Gasteiger partial charge is 0.346 e. The number of piperidine rings is 1. The van der Waals surface area contributed by atoms with Gasteiger partial charge < -0.3 is 10.6 Å². The van der Waals surface area contributed by atoms with Crippen molar-refractivity contribution >= 4 is 11.7 Å². The van der Waals surface area contributed by atoms with E-state index in [-0.39, 0.29) is 11.7 Å². The molecule has 0 saturated carbocycles. The average molecular weight is 253 g/mol. The van der Waals surface area contributed by atoms with Gasteiger partial charge >= 0.3 is 5.69 Å². The van der Waals surface area contributed by atoms with E-state index in [1.165, 1.54) is 14.1 Å². The lowest BCUT2D eigenvalue weighted by atomic mass is 10.1. The molecule has 8 nitrogen and oxygen atoms in total. The molecule has 1 saturated heterocycles. The summed E-state index contributed by atoms with van der Waals surface area (Å²) >= 11 is 0. The monoisotopic (exact) mass is 253 g/mol. The maximum absolute atomic E-state index is 11.8. The molecule has 8 heteroatoms. The normalized spacial score (nSPS) is 19.4. The maximum atomic E-state index is 11.8. The SMILES string of the molecule is Cn1nc(NC2CCCNC2=O)c(=O)n(C)c1=O. The van der Waals surface area contributed by atoms with Crippen molar-refractivity contribution in [2.75, 3.05) is 11.9 Å². The zero-order chi connectivity index (χ0) is 13.3. The highest BCUT2D eigenvalue weighted by molar-refractivity contribution is 5.84. The summed E-state index contributed by atoms with van der Waals surface area (Å²) in [5, 5.41) is 9.34. The van der Waals surface area contributed by atoms with Gasteiger partial charge in [0.1, 0.15) is 6.04 Å². The van der Waals surface area contributed by atoms with Gasteiger partial charge in [-0.1, -0.05) is 0 Å². The molecule has 2 rings (SSSR count). The van der Waals surface area contributed by atoms with Crippen molar-refractivity contribution in [2.45, 2.75) is 18.9 Å². The van der Waals surface area contributed by atoms with Crippen LogP contribution >= 0.6 is 0 Å². The first-order valence-electron chi connectivity index (χ1n) is 5.69. The molecule has 1 aromatic rings. The number of hydrogen-bond donors (Lipinski definition) is 2. The van der Waals surface area contributed by atoms with Crippen molar-refractivity contribution in [1.82, 2.24) is 19.7 Å². The number of carbonyl (C=O) groups is 1. The second-order valence-corrected chi connectivity index (χ2v) is 4.25. The number of amides is 1. The number of nitrogens with one attached hydrogen (secondary N) is 2. The summed E-state index contributed by atoms with van der Waals surface area (Å²) in [7, 11) is 2.83. The molecule has 1 atom stereocenters. The van der Waals surface area contributed by atoms with Gasteiger partial charge in [0.15, 0.2) is 0 Å². The largest absolute Gasteiger partial charge is 0.354 e. The van der Waals surface area contributed by atoms with Gasteiger partial charge in [0.2, 0.25) is 11.7 Å². The molecule has 2 heterocycles. The maximum Gasteiger partial charge on any atom is 0.346 e. The molecule has 0 aliphatic carbocycles. The molecular formula is C10H15N5O3. The van der Waals surface area contributed by atoms with E-state index in [2.05, 4.69) is 15.7 Å². The van der Waals surface area contributed by atoms with Crippen molar-refractivity contribution in [3.63, 3.8) is 0 Å². The molecular weight excluding hydrogens is 238 g/mol. The topological polar surface area (TPSA) is 98.0 Å². The van der Waals surface area contributed by atoms with Crippen LogP contribution in [0.15, 0.2) is 9.59 Å². The van der Waals surface area contributed by atoms with Crippen molar-refractivity contribution in [3.8, 4) is 0 Å². The van der Waals surface area contributed by atoms with Gasteiger partial charge in [-0.05, 0) is 12.8 Å². The molecule has 2 N–H and O–H groups in total. The van der Waals surface area contributed by atoms with E-state index in [0.29, 0.717) is 13.0 Å². The Hall–Kier alpha value is -2.12. The van der Waals surface area contributed by atoms with E-state index in [9.17, 15) is 14.4 Å². The van der Waals surface area contributed by atoms with Crippen LogP contribution in [0.4, 0.5) is 5.82 Å². The van der Waals surface area contributed by atoms with Gasteiger partial charge in [-0.15, -0.1) is 5.10 Å². The summed E-state index contributed by atoms with van der Waals surface area (Å²) < 4.78 is 2.01. The Balaban J connectivity index is 2.32. The van der Waals surface area contributed by atoms with Crippen LogP contribution in [0.2, 0.25) is 0 Å². The van der Waals surface area contributed by atoms with E-state index in [1.807, 2.05) is 0 Å². The summed E-state index contributed by atoms with van der Waals surface area (Å²) in [5.74, 6) is -0.138. The lowest BCUT2D eigenvalue weighted by Gasteiger charge is -2.22. The van der Waals surface area contributed by atoms with Crippen LogP contribution < -0.4 is 21.9 Å². The van der Waals surface area contributed by atoms with Gasteiger partial charge in [-0.25, -0.2) is 9.48 Å².